The fraction of sp³-hybridized carbons (Fsp3) is 0.700. The van der Waals surface area contributed by atoms with Crippen molar-refractivity contribution < 1.29 is 0 Å². The van der Waals surface area contributed by atoms with Crippen LogP contribution in [-0.2, 0) is 5.41 Å². The molecule has 0 aromatic carbocycles. The SMILES string of the molecule is CCCC(C)(CC)c1cnc(N)s1. The maximum Gasteiger partial charge on any atom is 0.180 e. The number of anilines is 1. The van der Waals surface area contributed by atoms with Crippen LogP contribution < -0.4 is 5.73 Å². The highest BCUT2D eigenvalue weighted by molar-refractivity contribution is 7.15. The second kappa shape index (κ2) is 4.09. The standard InChI is InChI=1S/C10H18N2S/c1-4-6-10(3,5-2)8-7-12-9(11)13-8/h7H,4-6H2,1-3H3,(H2,11,12). The molecule has 3 heteroatoms. The zero-order valence-electron chi connectivity index (χ0n) is 8.63. The second-order valence-corrected chi connectivity index (χ2v) is 4.79. The first-order valence-corrected chi connectivity index (χ1v) is 5.66. The zero-order valence-corrected chi connectivity index (χ0v) is 9.45. The molecule has 0 saturated heterocycles. The van der Waals surface area contributed by atoms with Crippen molar-refractivity contribution in [3.8, 4) is 0 Å². The Bertz CT molecular complexity index is 270. The predicted molar refractivity (Wildman–Crippen MR) is 59.1 cm³/mol. The topological polar surface area (TPSA) is 38.9 Å². The smallest absolute Gasteiger partial charge is 0.180 e. The Labute approximate surface area is 84.2 Å². The van der Waals surface area contributed by atoms with Crippen molar-refractivity contribution in [2.45, 2.75) is 45.4 Å². The van der Waals surface area contributed by atoms with Crippen LogP contribution in [0.4, 0.5) is 5.13 Å². The number of hydrogen-bond acceptors (Lipinski definition) is 3. The molecule has 0 spiro atoms. The van der Waals surface area contributed by atoms with Gasteiger partial charge in [0.05, 0.1) is 0 Å². The van der Waals surface area contributed by atoms with E-state index in [9.17, 15) is 0 Å². The number of rotatable bonds is 4. The first-order valence-electron chi connectivity index (χ1n) is 4.84. The van der Waals surface area contributed by atoms with Gasteiger partial charge in [-0.1, -0.05) is 27.2 Å². The Balaban J connectivity index is 2.88. The summed E-state index contributed by atoms with van der Waals surface area (Å²) in [6.45, 7) is 6.74. The summed E-state index contributed by atoms with van der Waals surface area (Å²) >= 11 is 1.63. The molecule has 1 aromatic rings. The minimum absolute atomic E-state index is 0.282. The molecular weight excluding hydrogens is 180 g/mol. The van der Waals surface area contributed by atoms with E-state index in [1.54, 1.807) is 11.3 Å². The minimum atomic E-state index is 0.282. The maximum atomic E-state index is 5.63. The summed E-state index contributed by atoms with van der Waals surface area (Å²) in [5.74, 6) is 0. The lowest BCUT2D eigenvalue weighted by Gasteiger charge is -2.25. The first kappa shape index (κ1) is 10.5. The molecule has 1 atom stereocenters. The zero-order chi connectivity index (χ0) is 9.90. The lowest BCUT2D eigenvalue weighted by Crippen LogP contribution is -2.18. The van der Waals surface area contributed by atoms with E-state index in [1.165, 1.54) is 17.7 Å². The molecule has 2 nitrogen and oxygen atoms in total. The summed E-state index contributed by atoms with van der Waals surface area (Å²) in [6.07, 6.45) is 5.51. The molecule has 0 aliphatic rings. The van der Waals surface area contributed by atoms with Crippen LogP contribution in [0.1, 0.15) is 44.9 Å². The Morgan fingerprint density at radius 3 is 2.62 bits per heavy atom. The van der Waals surface area contributed by atoms with Crippen molar-refractivity contribution in [1.82, 2.24) is 4.98 Å². The molecule has 0 aliphatic heterocycles. The molecular formula is C10H18N2S. The van der Waals surface area contributed by atoms with Gasteiger partial charge in [-0.2, -0.15) is 0 Å². The van der Waals surface area contributed by atoms with Crippen LogP contribution in [-0.4, -0.2) is 4.98 Å². The summed E-state index contributed by atoms with van der Waals surface area (Å²) in [5, 5.41) is 0.686. The molecule has 1 unspecified atom stereocenters. The van der Waals surface area contributed by atoms with Crippen LogP contribution in [0.15, 0.2) is 6.20 Å². The minimum Gasteiger partial charge on any atom is -0.375 e. The molecule has 1 rings (SSSR count). The van der Waals surface area contributed by atoms with E-state index in [0.29, 0.717) is 5.13 Å². The molecule has 74 valence electrons. The summed E-state index contributed by atoms with van der Waals surface area (Å²) in [5.41, 5.74) is 5.92. The average Bonchev–Trinajstić information content (AvgIpc) is 2.52. The number of nitrogens with two attached hydrogens (primary N) is 1. The van der Waals surface area contributed by atoms with Gasteiger partial charge in [0.1, 0.15) is 0 Å². The molecule has 0 bridgehead atoms. The molecule has 0 radical (unpaired) electrons. The van der Waals surface area contributed by atoms with Crippen LogP contribution in [0.5, 0.6) is 0 Å². The number of nitrogens with zero attached hydrogens (tertiary/aromatic N) is 1. The largest absolute Gasteiger partial charge is 0.375 e. The summed E-state index contributed by atoms with van der Waals surface area (Å²) in [7, 11) is 0. The highest BCUT2D eigenvalue weighted by atomic mass is 32.1. The molecule has 2 N–H and O–H groups in total. The quantitative estimate of drug-likeness (QED) is 0.807. The summed E-state index contributed by atoms with van der Waals surface area (Å²) < 4.78 is 0. The fourth-order valence-corrected chi connectivity index (χ4v) is 2.52. The van der Waals surface area contributed by atoms with E-state index in [-0.39, 0.29) is 5.41 Å². The molecule has 0 fully saturated rings. The van der Waals surface area contributed by atoms with Crippen LogP contribution in [0.25, 0.3) is 0 Å². The third-order valence-electron chi connectivity index (χ3n) is 2.70. The molecule has 1 aromatic heterocycles. The third-order valence-corrected chi connectivity index (χ3v) is 3.83. The van der Waals surface area contributed by atoms with Crippen LogP contribution in [0.3, 0.4) is 0 Å². The van der Waals surface area contributed by atoms with Crippen molar-refractivity contribution >= 4 is 16.5 Å². The highest BCUT2D eigenvalue weighted by Gasteiger charge is 2.25. The predicted octanol–water partition coefficient (Wildman–Crippen LogP) is 3.19. The molecule has 13 heavy (non-hydrogen) atoms. The lowest BCUT2D eigenvalue weighted by molar-refractivity contribution is 0.421. The van der Waals surface area contributed by atoms with Gasteiger partial charge in [0.15, 0.2) is 5.13 Å². The van der Waals surface area contributed by atoms with Crippen molar-refractivity contribution in [2.24, 2.45) is 0 Å². The van der Waals surface area contributed by atoms with Gasteiger partial charge in [-0.05, 0) is 12.8 Å². The Kier molecular flexibility index (Phi) is 3.31. The van der Waals surface area contributed by atoms with E-state index < -0.39 is 0 Å². The maximum absolute atomic E-state index is 5.63. The van der Waals surface area contributed by atoms with Crippen molar-refractivity contribution in [1.29, 1.82) is 0 Å². The van der Waals surface area contributed by atoms with Crippen LogP contribution >= 0.6 is 11.3 Å². The van der Waals surface area contributed by atoms with Gasteiger partial charge in [0.25, 0.3) is 0 Å². The van der Waals surface area contributed by atoms with Crippen molar-refractivity contribution in [3.05, 3.63) is 11.1 Å². The lowest BCUT2D eigenvalue weighted by atomic mass is 9.82. The molecule has 1 heterocycles. The van der Waals surface area contributed by atoms with E-state index in [1.807, 2.05) is 6.20 Å². The second-order valence-electron chi connectivity index (χ2n) is 3.73. The number of thiazole rings is 1. The van der Waals surface area contributed by atoms with E-state index in [4.69, 9.17) is 5.73 Å². The molecule has 0 amide bonds. The van der Waals surface area contributed by atoms with Gasteiger partial charge in [-0.15, -0.1) is 11.3 Å². The average molecular weight is 198 g/mol. The van der Waals surface area contributed by atoms with Crippen LogP contribution in [0.2, 0.25) is 0 Å². The summed E-state index contributed by atoms with van der Waals surface area (Å²) in [4.78, 5) is 5.44. The van der Waals surface area contributed by atoms with E-state index in [2.05, 4.69) is 25.8 Å². The first-order chi connectivity index (χ1) is 6.12. The van der Waals surface area contributed by atoms with Gasteiger partial charge in [-0.3, -0.25) is 0 Å². The Hall–Kier alpha value is -0.570. The number of nitrogen functional groups attached to an aromatic ring is 1. The number of aromatic nitrogens is 1. The van der Waals surface area contributed by atoms with Gasteiger partial charge in [-0.25, -0.2) is 4.98 Å². The van der Waals surface area contributed by atoms with Gasteiger partial charge in [0.2, 0.25) is 0 Å². The van der Waals surface area contributed by atoms with Crippen LogP contribution in [0, 0.1) is 0 Å². The van der Waals surface area contributed by atoms with Crippen molar-refractivity contribution in [3.63, 3.8) is 0 Å². The molecule has 0 saturated carbocycles. The molecule has 0 aliphatic carbocycles. The Morgan fingerprint density at radius 1 is 1.54 bits per heavy atom. The normalized spacial score (nSPS) is 15.6. The Morgan fingerprint density at radius 2 is 2.23 bits per heavy atom. The van der Waals surface area contributed by atoms with Gasteiger partial charge >= 0.3 is 0 Å². The monoisotopic (exact) mass is 198 g/mol. The number of hydrogen-bond donors (Lipinski definition) is 1. The van der Waals surface area contributed by atoms with E-state index >= 15 is 0 Å². The fourth-order valence-electron chi connectivity index (χ4n) is 1.59. The highest BCUT2D eigenvalue weighted by Crippen LogP contribution is 2.36. The van der Waals surface area contributed by atoms with Gasteiger partial charge in [0, 0.05) is 16.5 Å². The third kappa shape index (κ3) is 2.21. The van der Waals surface area contributed by atoms with Crippen molar-refractivity contribution in [2.75, 3.05) is 5.73 Å². The summed E-state index contributed by atoms with van der Waals surface area (Å²) in [6, 6.07) is 0. The van der Waals surface area contributed by atoms with E-state index in [0.717, 1.165) is 6.42 Å². The van der Waals surface area contributed by atoms with Gasteiger partial charge < -0.3 is 5.73 Å².